The first-order valence-electron chi connectivity index (χ1n) is 4.67. The third kappa shape index (κ3) is 1.80. The van der Waals surface area contributed by atoms with E-state index in [2.05, 4.69) is 0 Å². The minimum atomic E-state index is -0.0116. The molecule has 14 heavy (non-hydrogen) atoms. The molecule has 1 aliphatic heterocycles. The molecule has 0 N–H and O–H groups in total. The lowest BCUT2D eigenvalue weighted by molar-refractivity contribution is 0.0716. The quantitative estimate of drug-likeness (QED) is 0.748. The van der Waals surface area contributed by atoms with Gasteiger partial charge in [0.25, 0.3) is 5.91 Å². The van der Waals surface area contributed by atoms with Crippen LogP contribution in [0.25, 0.3) is 0 Å². The summed E-state index contributed by atoms with van der Waals surface area (Å²) < 4.78 is 5.08. The van der Waals surface area contributed by atoms with Gasteiger partial charge in [-0.25, -0.2) is 0 Å². The van der Waals surface area contributed by atoms with Gasteiger partial charge >= 0.3 is 0 Å². The molecule has 0 aromatic carbocycles. The first-order chi connectivity index (χ1) is 6.79. The van der Waals surface area contributed by atoms with Crippen LogP contribution < -0.4 is 0 Å². The Kier molecular flexibility index (Phi) is 2.82. The van der Waals surface area contributed by atoms with Crippen molar-refractivity contribution in [1.82, 2.24) is 4.90 Å². The zero-order chi connectivity index (χ0) is 9.97. The molecule has 4 heteroatoms. The van der Waals surface area contributed by atoms with E-state index < -0.39 is 0 Å². The highest BCUT2D eigenvalue weighted by molar-refractivity contribution is 7.99. The molecular weight excluding hydrogens is 198 g/mol. The lowest BCUT2D eigenvalue weighted by Crippen LogP contribution is -2.36. The van der Waals surface area contributed by atoms with Crippen LogP contribution in [0.3, 0.4) is 0 Å². The van der Waals surface area contributed by atoms with Crippen molar-refractivity contribution in [2.45, 2.75) is 12.5 Å². The number of hydrogen-bond acceptors (Lipinski definition) is 3. The largest absolute Gasteiger partial charge is 0.459 e. The van der Waals surface area contributed by atoms with Crippen molar-refractivity contribution in [1.29, 1.82) is 0 Å². The van der Waals surface area contributed by atoms with Crippen LogP contribution in [0.2, 0.25) is 0 Å². The van der Waals surface area contributed by atoms with Crippen molar-refractivity contribution in [2.75, 3.05) is 18.6 Å². The summed E-state index contributed by atoms with van der Waals surface area (Å²) in [5.41, 5.74) is 0. The van der Waals surface area contributed by atoms with E-state index in [1.165, 1.54) is 6.26 Å². The summed E-state index contributed by atoms with van der Waals surface area (Å²) in [4.78, 5) is 13.6. The fraction of sp³-hybridized carbons (Fsp3) is 0.500. The summed E-state index contributed by atoms with van der Waals surface area (Å²) in [5.74, 6) is 2.62. The monoisotopic (exact) mass is 211 g/mol. The van der Waals surface area contributed by atoms with E-state index in [0.717, 1.165) is 17.9 Å². The van der Waals surface area contributed by atoms with E-state index in [0.29, 0.717) is 11.8 Å². The highest BCUT2D eigenvalue weighted by atomic mass is 32.2. The Bertz CT molecular complexity index is 304. The van der Waals surface area contributed by atoms with Crippen LogP contribution in [0.4, 0.5) is 0 Å². The minimum absolute atomic E-state index is 0.0116. The standard InChI is InChI=1S/C10H13NO2S/c1-11(8-4-6-14-7-8)10(12)9-3-2-5-13-9/h2-3,5,8H,4,6-7H2,1H3. The summed E-state index contributed by atoms with van der Waals surface area (Å²) in [6.45, 7) is 0. The maximum atomic E-state index is 11.8. The van der Waals surface area contributed by atoms with Crippen LogP contribution in [-0.4, -0.2) is 35.4 Å². The second-order valence-electron chi connectivity index (χ2n) is 3.41. The lowest BCUT2D eigenvalue weighted by Gasteiger charge is -2.22. The first-order valence-corrected chi connectivity index (χ1v) is 5.83. The summed E-state index contributed by atoms with van der Waals surface area (Å²) in [6.07, 6.45) is 2.62. The fourth-order valence-electron chi connectivity index (χ4n) is 1.57. The molecule has 3 nitrogen and oxygen atoms in total. The van der Waals surface area contributed by atoms with Crippen LogP contribution in [-0.2, 0) is 0 Å². The molecule has 0 aliphatic carbocycles. The number of carbonyl (C=O) groups excluding carboxylic acids is 1. The Morgan fingerprint density at radius 2 is 2.57 bits per heavy atom. The SMILES string of the molecule is CN(C(=O)c1ccco1)C1CCSC1. The van der Waals surface area contributed by atoms with Crippen LogP contribution >= 0.6 is 11.8 Å². The van der Waals surface area contributed by atoms with Gasteiger partial charge < -0.3 is 9.32 Å². The molecule has 76 valence electrons. The van der Waals surface area contributed by atoms with Gasteiger partial charge in [-0.1, -0.05) is 0 Å². The molecule has 1 aliphatic rings. The molecule has 0 bridgehead atoms. The number of thioether (sulfide) groups is 1. The molecule has 0 radical (unpaired) electrons. The molecule has 1 aromatic heterocycles. The van der Waals surface area contributed by atoms with Gasteiger partial charge in [0.05, 0.1) is 6.26 Å². The van der Waals surface area contributed by atoms with E-state index in [-0.39, 0.29) is 5.91 Å². The first kappa shape index (κ1) is 9.65. The molecule has 0 spiro atoms. The Labute approximate surface area is 87.5 Å². The van der Waals surface area contributed by atoms with Crippen LogP contribution in [0.1, 0.15) is 17.0 Å². The summed E-state index contributed by atoms with van der Waals surface area (Å²) in [5, 5.41) is 0. The Hall–Kier alpha value is -0.900. The predicted octanol–water partition coefficient (Wildman–Crippen LogP) is 1.86. The average molecular weight is 211 g/mol. The number of amides is 1. The van der Waals surface area contributed by atoms with E-state index in [9.17, 15) is 4.79 Å². The van der Waals surface area contributed by atoms with Crippen molar-refractivity contribution >= 4 is 17.7 Å². The van der Waals surface area contributed by atoms with Gasteiger partial charge in [0.1, 0.15) is 0 Å². The Morgan fingerprint density at radius 1 is 1.71 bits per heavy atom. The fourth-order valence-corrected chi connectivity index (χ4v) is 2.84. The van der Waals surface area contributed by atoms with Gasteiger partial charge in [-0.2, -0.15) is 11.8 Å². The minimum Gasteiger partial charge on any atom is -0.459 e. The number of nitrogens with zero attached hydrogens (tertiary/aromatic N) is 1. The van der Waals surface area contributed by atoms with Crippen LogP contribution in [0.15, 0.2) is 22.8 Å². The van der Waals surface area contributed by atoms with Crippen molar-refractivity contribution in [2.24, 2.45) is 0 Å². The van der Waals surface area contributed by atoms with Crippen molar-refractivity contribution < 1.29 is 9.21 Å². The Balaban J connectivity index is 2.04. The molecule has 1 amide bonds. The number of hydrogen-bond donors (Lipinski definition) is 0. The zero-order valence-electron chi connectivity index (χ0n) is 8.10. The zero-order valence-corrected chi connectivity index (χ0v) is 8.92. The Morgan fingerprint density at radius 3 is 3.14 bits per heavy atom. The van der Waals surface area contributed by atoms with Gasteiger partial charge in [0.15, 0.2) is 5.76 Å². The van der Waals surface area contributed by atoms with Gasteiger partial charge in [-0.3, -0.25) is 4.79 Å². The summed E-state index contributed by atoms with van der Waals surface area (Å²) in [6, 6.07) is 3.82. The highest BCUT2D eigenvalue weighted by Gasteiger charge is 2.25. The second kappa shape index (κ2) is 4.09. The van der Waals surface area contributed by atoms with Gasteiger partial charge in [0.2, 0.25) is 0 Å². The predicted molar refractivity (Wildman–Crippen MR) is 56.5 cm³/mol. The van der Waals surface area contributed by atoms with Crippen molar-refractivity contribution in [3.05, 3.63) is 24.2 Å². The third-order valence-corrected chi connectivity index (χ3v) is 3.65. The number of rotatable bonds is 2. The third-order valence-electron chi connectivity index (χ3n) is 2.51. The maximum absolute atomic E-state index is 11.8. The second-order valence-corrected chi connectivity index (χ2v) is 4.56. The maximum Gasteiger partial charge on any atom is 0.289 e. The smallest absolute Gasteiger partial charge is 0.289 e. The van der Waals surface area contributed by atoms with E-state index >= 15 is 0 Å². The molecule has 1 saturated heterocycles. The molecule has 1 atom stereocenters. The van der Waals surface area contributed by atoms with E-state index in [1.807, 2.05) is 18.8 Å². The number of furan rings is 1. The average Bonchev–Trinajstić information content (AvgIpc) is 2.87. The summed E-state index contributed by atoms with van der Waals surface area (Å²) in [7, 11) is 1.85. The van der Waals surface area contributed by atoms with Crippen molar-refractivity contribution in [3.63, 3.8) is 0 Å². The van der Waals surface area contributed by atoms with Gasteiger partial charge in [-0.05, 0) is 24.3 Å². The van der Waals surface area contributed by atoms with Gasteiger partial charge in [-0.15, -0.1) is 0 Å². The van der Waals surface area contributed by atoms with E-state index in [1.54, 1.807) is 17.0 Å². The van der Waals surface area contributed by atoms with Crippen molar-refractivity contribution in [3.8, 4) is 0 Å². The molecule has 2 rings (SSSR count). The molecule has 1 fully saturated rings. The van der Waals surface area contributed by atoms with Crippen LogP contribution in [0.5, 0.6) is 0 Å². The lowest BCUT2D eigenvalue weighted by atomic mass is 10.2. The summed E-state index contributed by atoms with van der Waals surface area (Å²) >= 11 is 1.90. The topological polar surface area (TPSA) is 33.5 Å². The molecule has 0 saturated carbocycles. The van der Waals surface area contributed by atoms with Crippen LogP contribution in [0, 0.1) is 0 Å². The van der Waals surface area contributed by atoms with E-state index in [4.69, 9.17) is 4.42 Å². The highest BCUT2D eigenvalue weighted by Crippen LogP contribution is 2.22. The number of carbonyl (C=O) groups is 1. The molecular formula is C10H13NO2S. The molecule has 1 aromatic rings. The normalized spacial score (nSPS) is 21.1. The van der Waals surface area contributed by atoms with Gasteiger partial charge in [0, 0.05) is 18.8 Å². The molecule has 2 heterocycles. The molecule has 1 unspecified atom stereocenters.